The van der Waals surface area contributed by atoms with Gasteiger partial charge in [0.1, 0.15) is 0 Å². The molecule has 0 aromatic heterocycles. The minimum absolute atomic E-state index is 0.403. The lowest BCUT2D eigenvalue weighted by Gasteiger charge is -2.32. The van der Waals surface area contributed by atoms with Crippen molar-refractivity contribution in [2.75, 3.05) is 19.6 Å². The molecule has 0 bridgehead atoms. The van der Waals surface area contributed by atoms with E-state index in [9.17, 15) is 0 Å². The lowest BCUT2D eigenvalue weighted by Crippen LogP contribution is -2.31. The van der Waals surface area contributed by atoms with E-state index in [0.29, 0.717) is 12.2 Å². The maximum atomic E-state index is 5.90. The Morgan fingerprint density at radius 2 is 1.69 bits per heavy atom. The van der Waals surface area contributed by atoms with Gasteiger partial charge in [0.05, 0.1) is 12.2 Å². The summed E-state index contributed by atoms with van der Waals surface area (Å²) >= 11 is 0. The van der Waals surface area contributed by atoms with Crippen LogP contribution < -0.4 is 0 Å². The van der Waals surface area contributed by atoms with E-state index in [-0.39, 0.29) is 0 Å². The summed E-state index contributed by atoms with van der Waals surface area (Å²) in [6.45, 7) is 8.35. The normalized spacial score (nSPS) is 32.4. The molecular formula is C14H27NO. The molecule has 0 amide bonds. The average molecular weight is 225 g/mol. The highest BCUT2D eigenvalue weighted by Crippen LogP contribution is 2.28. The molecular weight excluding hydrogens is 198 g/mol. The Bertz CT molecular complexity index is 191. The Labute approximate surface area is 100 Å². The molecule has 1 heterocycles. The first-order valence-electron chi connectivity index (χ1n) is 7.12. The lowest BCUT2D eigenvalue weighted by molar-refractivity contribution is -0.0216. The van der Waals surface area contributed by atoms with E-state index in [1.807, 2.05) is 0 Å². The van der Waals surface area contributed by atoms with E-state index >= 15 is 0 Å². The van der Waals surface area contributed by atoms with Gasteiger partial charge in [-0.15, -0.1) is 0 Å². The summed E-state index contributed by atoms with van der Waals surface area (Å²) in [6.07, 6.45) is 9.14. The van der Waals surface area contributed by atoms with Gasteiger partial charge in [-0.3, -0.25) is 0 Å². The number of rotatable bonds is 4. The predicted molar refractivity (Wildman–Crippen MR) is 67.6 cm³/mol. The van der Waals surface area contributed by atoms with Crippen molar-refractivity contribution in [1.29, 1.82) is 0 Å². The SMILES string of the molecule is CC(C)OC1CCC(CN2CCCC2)CC1. The van der Waals surface area contributed by atoms with Gasteiger partial charge in [-0.1, -0.05) is 0 Å². The number of hydrogen-bond donors (Lipinski definition) is 0. The molecule has 2 nitrogen and oxygen atoms in total. The lowest BCUT2D eigenvalue weighted by atomic mass is 9.87. The second-order valence-corrected chi connectivity index (χ2v) is 5.84. The summed E-state index contributed by atoms with van der Waals surface area (Å²) in [7, 11) is 0. The topological polar surface area (TPSA) is 12.5 Å². The van der Waals surface area contributed by atoms with Crippen molar-refractivity contribution in [2.45, 2.75) is 64.6 Å². The standard InChI is InChI=1S/C14H27NO/c1-12(2)16-14-7-5-13(6-8-14)11-15-9-3-4-10-15/h12-14H,3-11H2,1-2H3. The third-order valence-electron chi connectivity index (χ3n) is 3.97. The summed E-state index contributed by atoms with van der Waals surface area (Å²) in [5, 5.41) is 0. The summed E-state index contributed by atoms with van der Waals surface area (Å²) < 4.78 is 5.90. The Hall–Kier alpha value is -0.0800. The molecule has 0 unspecified atom stereocenters. The quantitative estimate of drug-likeness (QED) is 0.729. The fraction of sp³-hybridized carbons (Fsp3) is 1.00. The van der Waals surface area contributed by atoms with Gasteiger partial charge in [-0.25, -0.2) is 0 Å². The number of hydrogen-bond acceptors (Lipinski definition) is 2. The van der Waals surface area contributed by atoms with Gasteiger partial charge in [0.25, 0.3) is 0 Å². The van der Waals surface area contributed by atoms with Crippen molar-refractivity contribution in [3.05, 3.63) is 0 Å². The van der Waals surface area contributed by atoms with Crippen LogP contribution in [0.5, 0.6) is 0 Å². The number of likely N-dealkylation sites (tertiary alicyclic amines) is 1. The molecule has 0 atom stereocenters. The average Bonchev–Trinajstić information content (AvgIpc) is 2.73. The van der Waals surface area contributed by atoms with E-state index in [0.717, 1.165) is 5.92 Å². The van der Waals surface area contributed by atoms with Crippen LogP contribution in [0, 0.1) is 5.92 Å². The van der Waals surface area contributed by atoms with Gasteiger partial charge < -0.3 is 9.64 Å². The molecule has 1 aliphatic carbocycles. The molecule has 1 saturated carbocycles. The maximum absolute atomic E-state index is 5.90. The first kappa shape index (κ1) is 12.4. The Balaban J connectivity index is 1.64. The fourth-order valence-electron chi connectivity index (χ4n) is 3.17. The van der Waals surface area contributed by atoms with Crippen LogP contribution in [0.3, 0.4) is 0 Å². The predicted octanol–water partition coefficient (Wildman–Crippen LogP) is 3.07. The Morgan fingerprint density at radius 1 is 1.06 bits per heavy atom. The summed E-state index contributed by atoms with van der Waals surface area (Å²) in [5.41, 5.74) is 0. The highest BCUT2D eigenvalue weighted by Gasteiger charge is 2.24. The smallest absolute Gasteiger partial charge is 0.0578 e. The zero-order valence-electron chi connectivity index (χ0n) is 11.0. The second-order valence-electron chi connectivity index (χ2n) is 5.84. The van der Waals surface area contributed by atoms with Crippen LogP contribution in [-0.2, 0) is 4.74 Å². The summed E-state index contributed by atoms with van der Waals surface area (Å²) in [6, 6.07) is 0. The van der Waals surface area contributed by atoms with Crippen molar-refractivity contribution in [2.24, 2.45) is 5.92 Å². The van der Waals surface area contributed by atoms with Crippen LogP contribution in [-0.4, -0.2) is 36.7 Å². The third kappa shape index (κ3) is 3.74. The van der Waals surface area contributed by atoms with E-state index in [2.05, 4.69) is 18.7 Å². The maximum Gasteiger partial charge on any atom is 0.0578 e. The van der Waals surface area contributed by atoms with Crippen molar-refractivity contribution in [3.8, 4) is 0 Å². The zero-order chi connectivity index (χ0) is 11.4. The van der Waals surface area contributed by atoms with Gasteiger partial charge in [0.15, 0.2) is 0 Å². The van der Waals surface area contributed by atoms with Gasteiger partial charge >= 0.3 is 0 Å². The Kier molecular flexibility index (Phi) is 4.66. The summed E-state index contributed by atoms with van der Waals surface area (Å²) in [4.78, 5) is 2.66. The van der Waals surface area contributed by atoms with Crippen molar-refractivity contribution in [3.63, 3.8) is 0 Å². The van der Waals surface area contributed by atoms with Crippen LogP contribution in [0.4, 0.5) is 0 Å². The number of nitrogens with zero attached hydrogens (tertiary/aromatic N) is 1. The van der Waals surface area contributed by atoms with Crippen LogP contribution in [0.25, 0.3) is 0 Å². The minimum Gasteiger partial charge on any atom is -0.376 e. The molecule has 1 saturated heterocycles. The summed E-state index contributed by atoms with van der Waals surface area (Å²) in [5.74, 6) is 0.949. The largest absolute Gasteiger partial charge is 0.376 e. The number of ether oxygens (including phenoxy) is 1. The van der Waals surface area contributed by atoms with Crippen LogP contribution in [0.2, 0.25) is 0 Å². The van der Waals surface area contributed by atoms with Gasteiger partial charge in [-0.2, -0.15) is 0 Å². The molecule has 2 rings (SSSR count). The van der Waals surface area contributed by atoms with Crippen LogP contribution in [0.15, 0.2) is 0 Å². The van der Waals surface area contributed by atoms with Crippen LogP contribution >= 0.6 is 0 Å². The molecule has 1 aliphatic heterocycles. The first-order chi connectivity index (χ1) is 7.74. The molecule has 16 heavy (non-hydrogen) atoms. The van der Waals surface area contributed by atoms with Gasteiger partial charge in [-0.05, 0) is 71.4 Å². The molecule has 2 aliphatic rings. The van der Waals surface area contributed by atoms with Crippen LogP contribution in [0.1, 0.15) is 52.4 Å². The van der Waals surface area contributed by atoms with E-state index in [4.69, 9.17) is 4.74 Å². The monoisotopic (exact) mass is 225 g/mol. The third-order valence-corrected chi connectivity index (χ3v) is 3.97. The van der Waals surface area contributed by atoms with Crippen molar-refractivity contribution in [1.82, 2.24) is 4.90 Å². The zero-order valence-corrected chi connectivity index (χ0v) is 11.0. The molecule has 0 N–H and O–H groups in total. The van der Waals surface area contributed by atoms with Crippen molar-refractivity contribution < 1.29 is 4.74 Å². The molecule has 2 fully saturated rings. The molecule has 0 aromatic rings. The van der Waals surface area contributed by atoms with E-state index in [1.54, 1.807) is 0 Å². The van der Waals surface area contributed by atoms with Gasteiger partial charge in [0, 0.05) is 6.54 Å². The molecule has 2 heteroatoms. The minimum atomic E-state index is 0.403. The molecule has 0 radical (unpaired) electrons. The highest BCUT2D eigenvalue weighted by atomic mass is 16.5. The molecule has 0 aromatic carbocycles. The molecule has 0 spiro atoms. The Morgan fingerprint density at radius 3 is 2.25 bits per heavy atom. The first-order valence-corrected chi connectivity index (χ1v) is 7.12. The molecule has 94 valence electrons. The second kappa shape index (κ2) is 6.02. The van der Waals surface area contributed by atoms with Crippen molar-refractivity contribution >= 4 is 0 Å². The van der Waals surface area contributed by atoms with Gasteiger partial charge in [0.2, 0.25) is 0 Å². The highest BCUT2D eigenvalue weighted by molar-refractivity contribution is 4.77. The fourth-order valence-corrected chi connectivity index (χ4v) is 3.17. The van der Waals surface area contributed by atoms with E-state index in [1.165, 1.54) is 58.2 Å². The van der Waals surface area contributed by atoms with E-state index < -0.39 is 0 Å².